The Hall–Kier alpha value is -2.24. The molecule has 0 fully saturated rings. The van der Waals surface area contributed by atoms with Gasteiger partial charge in [-0.05, 0) is 52.0 Å². The number of ether oxygens (including phenoxy) is 2. The molecule has 0 aromatic heterocycles. The van der Waals surface area contributed by atoms with Gasteiger partial charge < -0.3 is 20.1 Å². The van der Waals surface area contributed by atoms with E-state index in [0.717, 1.165) is 0 Å². The fourth-order valence-corrected chi connectivity index (χ4v) is 1.69. The van der Waals surface area contributed by atoms with Gasteiger partial charge in [-0.25, -0.2) is 0 Å². The Morgan fingerprint density at radius 1 is 1.14 bits per heavy atom. The van der Waals surface area contributed by atoms with Gasteiger partial charge in [-0.1, -0.05) is 0 Å². The first-order valence-corrected chi connectivity index (χ1v) is 7.10. The minimum atomic E-state index is -0.698. The first-order valence-electron chi connectivity index (χ1n) is 7.10. The van der Waals surface area contributed by atoms with Crippen molar-refractivity contribution >= 4 is 11.8 Å². The SMILES string of the molecule is COc1ccc(OC(C)C(=O)NCC(=O)NC(C)(C)C)cc1. The Kier molecular flexibility index (Phi) is 6.22. The monoisotopic (exact) mass is 308 g/mol. The molecular weight excluding hydrogens is 284 g/mol. The number of amides is 2. The number of methoxy groups -OCH3 is 1. The molecule has 0 radical (unpaired) electrons. The quantitative estimate of drug-likeness (QED) is 0.835. The standard InChI is InChI=1S/C16H24N2O4/c1-11(22-13-8-6-12(21-5)7-9-13)15(20)17-10-14(19)18-16(2,3)4/h6-9,11H,10H2,1-5H3,(H,17,20)(H,18,19). The minimum Gasteiger partial charge on any atom is -0.497 e. The van der Waals surface area contributed by atoms with Gasteiger partial charge in [-0.15, -0.1) is 0 Å². The topological polar surface area (TPSA) is 76.7 Å². The first kappa shape index (κ1) is 17.8. The van der Waals surface area contributed by atoms with Crippen LogP contribution in [0.1, 0.15) is 27.7 Å². The highest BCUT2D eigenvalue weighted by molar-refractivity contribution is 5.87. The molecule has 2 amide bonds. The van der Waals surface area contributed by atoms with Crippen LogP contribution in [0.5, 0.6) is 11.5 Å². The van der Waals surface area contributed by atoms with Crippen LogP contribution in [0.3, 0.4) is 0 Å². The number of carbonyl (C=O) groups excluding carboxylic acids is 2. The molecule has 0 bridgehead atoms. The zero-order valence-electron chi connectivity index (χ0n) is 13.7. The summed E-state index contributed by atoms with van der Waals surface area (Å²) in [5, 5.41) is 5.31. The predicted molar refractivity (Wildman–Crippen MR) is 84.0 cm³/mol. The van der Waals surface area contributed by atoms with E-state index in [9.17, 15) is 9.59 Å². The van der Waals surface area contributed by atoms with E-state index < -0.39 is 6.10 Å². The van der Waals surface area contributed by atoms with Gasteiger partial charge in [0, 0.05) is 5.54 Å². The number of rotatable bonds is 6. The summed E-state index contributed by atoms with van der Waals surface area (Å²) in [5.74, 6) is 0.684. The van der Waals surface area contributed by atoms with Gasteiger partial charge in [0.15, 0.2) is 6.10 Å². The van der Waals surface area contributed by atoms with Gasteiger partial charge in [0.25, 0.3) is 5.91 Å². The van der Waals surface area contributed by atoms with Crippen LogP contribution in [0.15, 0.2) is 24.3 Å². The van der Waals surface area contributed by atoms with Crippen molar-refractivity contribution in [2.75, 3.05) is 13.7 Å². The highest BCUT2D eigenvalue weighted by Crippen LogP contribution is 2.18. The lowest BCUT2D eigenvalue weighted by molar-refractivity contribution is -0.130. The molecule has 1 aromatic rings. The minimum absolute atomic E-state index is 0.0770. The van der Waals surface area contributed by atoms with Crippen molar-refractivity contribution in [2.24, 2.45) is 0 Å². The summed E-state index contributed by atoms with van der Waals surface area (Å²) in [6.45, 7) is 7.18. The molecule has 0 spiro atoms. The van der Waals surface area contributed by atoms with E-state index >= 15 is 0 Å². The zero-order valence-corrected chi connectivity index (χ0v) is 13.7. The summed E-state index contributed by atoms with van der Waals surface area (Å²) < 4.78 is 10.6. The smallest absolute Gasteiger partial charge is 0.261 e. The lowest BCUT2D eigenvalue weighted by atomic mass is 10.1. The number of nitrogens with one attached hydrogen (secondary N) is 2. The van der Waals surface area contributed by atoms with E-state index in [-0.39, 0.29) is 23.9 Å². The van der Waals surface area contributed by atoms with Crippen molar-refractivity contribution in [3.8, 4) is 11.5 Å². The number of hydrogen-bond acceptors (Lipinski definition) is 4. The summed E-state index contributed by atoms with van der Waals surface area (Å²) >= 11 is 0. The molecule has 0 heterocycles. The Balaban J connectivity index is 2.42. The van der Waals surface area contributed by atoms with Gasteiger partial charge >= 0.3 is 0 Å². The normalized spacial score (nSPS) is 12.2. The average molecular weight is 308 g/mol. The maximum absolute atomic E-state index is 11.9. The van der Waals surface area contributed by atoms with Crippen molar-refractivity contribution in [2.45, 2.75) is 39.3 Å². The average Bonchev–Trinajstić information content (AvgIpc) is 2.43. The third-order valence-corrected chi connectivity index (χ3v) is 2.68. The predicted octanol–water partition coefficient (Wildman–Crippen LogP) is 1.49. The van der Waals surface area contributed by atoms with E-state index in [2.05, 4.69) is 10.6 Å². The molecule has 1 unspecified atom stereocenters. The Labute approximate surface area is 131 Å². The number of carbonyl (C=O) groups is 2. The molecule has 1 atom stereocenters. The van der Waals surface area contributed by atoms with E-state index in [4.69, 9.17) is 9.47 Å². The van der Waals surface area contributed by atoms with Crippen molar-refractivity contribution in [1.29, 1.82) is 0 Å². The molecular formula is C16H24N2O4. The Morgan fingerprint density at radius 2 is 1.68 bits per heavy atom. The molecule has 0 aliphatic heterocycles. The maximum atomic E-state index is 11.9. The van der Waals surface area contributed by atoms with Crippen LogP contribution in [0.2, 0.25) is 0 Å². The maximum Gasteiger partial charge on any atom is 0.261 e. The third kappa shape index (κ3) is 6.47. The molecule has 22 heavy (non-hydrogen) atoms. The van der Waals surface area contributed by atoms with Crippen LogP contribution < -0.4 is 20.1 Å². The van der Waals surface area contributed by atoms with Gasteiger partial charge in [0.05, 0.1) is 13.7 Å². The number of benzene rings is 1. The summed E-state index contributed by atoms with van der Waals surface area (Å²) in [5.41, 5.74) is -0.326. The van der Waals surface area contributed by atoms with Gasteiger partial charge in [-0.2, -0.15) is 0 Å². The van der Waals surface area contributed by atoms with Crippen molar-refractivity contribution in [1.82, 2.24) is 10.6 Å². The second-order valence-corrected chi connectivity index (χ2v) is 5.95. The highest BCUT2D eigenvalue weighted by atomic mass is 16.5. The molecule has 6 heteroatoms. The molecule has 2 N–H and O–H groups in total. The van der Waals surface area contributed by atoms with E-state index in [1.807, 2.05) is 20.8 Å². The number of hydrogen-bond donors (Lipinski definition) is 2. The lowest BCUT2D eigenvalue weighted by Gasteiger charge is -2.21. The van der Waals surface area contributed by atoms with Gasteiger partial charge in [0.2, 0.25) is 5.91 Å². The van der Waals surface area contributed by atoms with Gasteiger partial charge in [-0.3, -0.25) is 9.59 Å². The fraction of sp³-hybridized carbons (Fsp3) is 0.500. The van der Waals surface area contributed by atoms with Crippen LogP contribution in [0.4, 0.5) is 0 Å². The van der Waals surface area contributed by atoms with Crippen molar-refractivity contribution < 1.29 is 19.1 Å². The fourth-order valence-electron chi connectivity index (χ4n) is 1.69. The second kappa shape index (κ2) is 7.68. The van der Waals surface area contributed by atoms with E-state index in [1.54, 1.807) is 38.3 Å². The molecule has 0 saturated heterocycles. The van der Waals surface area contributed by atoms with Crippen molar-refractivity contribution in [3.05, 3.63) is 24.3 Å². The molecule has 1 rings (SSSR count). The van der Waals surface area contributed by atoms with Crippen molar-refractivity contribution in [3.63, 3.8) is 0 Å². The van der Waals surface area contributed by atoms with Gasteiger partial charge in [0.1, 0.15) is 11.5 Å². The molecule has 0 aliphatic carbocycles. The molecule has 122 valence electrons. The highest BCUT2D eigenvalue weighted by Gasteiger charge is 2.18. The van der Waals surface area contributed by atoms with E-state index in [1.165, 1.54) is 0 Å². The lowest BCUT2D eigenvalue weighted by Crippen LogP contribution is -2.47. The van der Waals surface area contributed by atoms with Crippen LogP contribution in [-0.4, -0.2) is 37.1 Å². The third-order valence-electron chi connectivity index (χ3n) is 2.68. The Bertz CT molecular complexity index is 506. The summed E-state index contributed by atoms with van der Waals surface area (Å²) in [7, 11) is 1.58. The zero-order chi connectivity index (χ0) is 16.8. The van der Waals surface area contributed by atoms with Crippen LogP contribution in [-0.2, 0) is 9.59 Å². The largest absolute Gasteiger partial charge is 0.497 e. The molecule has 0 saturated carbocycles. The second-order valence-electron chi connectivity index (χ2n) is 5.95. The van der Waals surface area contributed by atoms with Crippen LogP contribution in [0.25, 0.3) is 0 Å². The van der Waals surface area contributed by atoms with E-state index in [0.29, 0.717) is 11.5 Å². The summed E-state index contributed by atoms with van der Waals surface area (Å²) in [6.07, 6.45) is -0.698. The first-order chi connectivity index (χ1) is 10.2. The molecule has 1 aromatic carbocycles. The molecule has 0 aliphatic rings. The summed E-state index contributed by atoms with van der Waals surface area (Å²) in [4.78, 5) is 23.5. The Morgan fingerprint density at radius 3 is 2.18 bits per heavy atom. The van der Waals surface area contributed by atoms with Crippen LogP contribution in [0, 0.1) is 0 Å². The summed E-state index contributed by atoms with van der Waals surface area (Å²) in [6, 6.07) is 6.93. The molecule has 6 nitrogen and oxygen atoms in total. The van der Waals surface area contributed by atoms with Crippen LogP contribution >= 0.6 is 0 Å².